The lowest BCUT2D eigenvalue weighted by atomic mass is 9.48. The van der Waals surface area contributed by atoms with Crippen molar-refractivity contribution in [2.24, 2.45) is 23.7 Å². The SMILES string of the molecule is CC(C)(C)OC(=O)C1(NC(=O)OCc2ccccc2)C2CC3CC(C2)CC1C3. The maximum atomic E-state index is 13.4. The first kappa shape index (κ1) is 19.3. The second kappa shape index (κ2) is 7.09. The van der Waals surface area contributed by atoms with Gasteiger partial charge in [0, 0.05) is 0 Å². The van der Waals surface area contributed by atoms with Gasteiger partial charge in [-0.2, -0.15) is 0 Å². The van der Waals surface area contributed by atoms with Crippen LogP contribution in [-0.2, 0) is 20.9 Å². The van der Waals surface area contributed by atoms with Crippen molar-refractivity contribution in [1.29, 1.82) is 0 Å². The molecule has 0 aromatic heterocycles. The fraction of sp³-hybridized carbons (Fsp3) is 0.652. The Morgan fingerprint density at radius 3 is 2.11 bits per heavy atom. The Labute approximate surface area is 167 Å². The van der Waals surface area contributed by atoms with Gasteiger partial charge in [-0.1, -0.05) is 30.3 Å². The zero-order chi connectivity index (χ0) is 19.9. The minimum absolute atomic E-state index is 0.142. The van der Waals surface area contributed by atoms with Crippen LogP contribution in [0.15, 0.2) is 30.3 Å². The molecule has 0 unspecified atom stereocenters. The predicted molar refractivity (Wildman–Crippen MR) is 105 cm³/mol. The first-order chi connectivity index (χ1) is 13.3. The van der Waals surface area contributed by atoms with Gasteiger partial charge in [0.2, 0.25) is 0 Å². The lowest BCUT2D eigenvalue weighted by molar-refractivity contribution is -0.181. The van der Waals surface area contributed by atoms with Crippen molar-refractivity contribution in [2.75, 3.05) is 0 Å². The number of hydrogen-bond acceptors (Lipinski definition) is 4. The third kappa shape index (κ3) is 3.63. The molecule has 4 fully saturated rings. The van der Waals surface area contributed by atoms with Crippen molar-refractivity contribution >= 4 is 12.1 Å². The van der Waals surface area contributed by atoms with Crippen LogP contribution in [0, 0.1) is 23.7 Å². The molecule has 0 heterocycles. The van der Waals surface area contributed by atoms with Gasteiger partial charge in [-0.3, -0.25) is 0 Å². The van der Waals surface area contributed by atoms with E-state index in [2.05, 4.69) is 5.32 Å². The van der Waals surface area contributed by atoms with Gasteiger partial charge in [0.15, 0.2) is 0 Å². The molecule has 0 radical (unpaired) electrons. The number of rotatable bonds is 4. The minimum Gasteiger partial charge on any atom is -0.458 e. The molecule has 152 valence electrons. The second-order valence-electron chi connectivity index (χ2n) is 9.86. The van der Waals surface area contributed by atoms with Gasteiger partial charge in [-0.25, -0.2) is 9.59 Å². The Hall–Kier alpha value is -2.04. The summed E-state index contributed by atoms with van der Waals surface area (Å²) >= 11 is 0. The summed E-state index contributed by atoms with van der Waals surface area (Å²) in [6.45, 7) is 5.82. The number of benzene rings is 1. The highest BCUT2D eigenvalue weighted by Gasteiger charge is 2.63. The van der Waals surface area contributed by atoms with Gasteiger partial charge in [-0.05, 0) is 82.1 Å². The van der Waals surface area contributed by atoms with E-state index in [9.17, 15) is 9.59 Å². The van der Waals surface area contributed by atoms with E-state index in [-0.39, 0.29) is 24.4 Å². The Kier molecular flexibility index (Phi) is 4.88. The van der Waals surface area contributed by atoms with Crippen LogP contribution in [0.2, 0.25) is 0 Å². The van der Waals surface area contributed by atoms with E-state index in [1.807, 2.05) is 51.1 Å². The average Bonchev–Trinajstić information content (AvgIpc) is 2.62. The van der Waals surface area contributed by atoms with Crippen LogP contribution >= 0.6 is 0 Å². The first-order valence-electron chi connectivity index (χ1n) is 10.5. The number of hydrogen-bond donors (Lipinski definition) is 1. The van der Waals surface area contributed by atoms with Gasteiger partial charge < -0.3 is 14.8 Å². The normalized spacial score (nSPS) is 33.4. The molecule has 0 aliphatic heterocycles. The molecular weight excluding hydrogens is 354 g/mol. The average molecular weight is 386 g/mol. The first-order valence-corrected chi connectivity index (χ1v) is 10.5. The molecule has 5 rings (SSSR count). The molecular formula is C23H31NO4. The topological polar surface area (TPSA) is 64.6 Å². The quantitative estimate of drug-likeness (QED) is 0.778. The van der Waals surface area contributed by atoms with Crippen LogP contribution in [0.5, 0.6) is 0 Å². The molecule has 5 heteroatoms. The molecule has 0 spiro atoms. The number of alkyl carbamates (subject to hydrolysis) is 1. The van der Waals surface area contributed by atoms with E-state index in [1.165, 1.54) is 6.42 Å². The van der Waals surface area contributed by atoms with Crippen molar-refractivity contribution in [3.63, 3.8) is 0 Å². The van der Waals surface area contributed by atoms with E-state index in [0.717, 1.165) is 31.2 Å². The maximum Gasteiger partial charge on any atom is 0.408 e. The number of carbonyl (C=O) groups is 2. The van der Waals surface area contributed by atoms with Gasteiger partial charge in [-0.15, -0.1) is 0 Å². The zero-order valence-electron chi connectivity index (χ0n) is 17.1. The molecule has 4 bridgehead atoms. The predicted octanol–water partition coefficient (Wildman–Crippen LogP) is 4.45. The van der Waals surface area contributed by atoms with Crippen molar-refractivity contribution in [2.45, 2.75) is 70.6 Å². The maximum absolute atomic E-state index is 13.4. The van der Waals surface area contributed by atoms with Crippen LogP contribution in [0.1, 0.15) is 58.4 Å². The molecule has 4 aliphatic rings. The Bertz CT molecular complexity index is 709. The number of carbonyl (C=O) groups excluding carboxylic acids is 2. The second-order valence-corrected chi connectivity index (χ2v) is 9.86. The third-order valence-electron chi connectivity index (χ3n) is 6.68. The van der Waals surface area contributed by atoms with Gasteiger partial charge in [0.25, 0.3) is 0 Å². The van der Waals surface area contributed by atoms with Crippen molar-refractivity contribution in [3.8, 4) is 0 Å². The zero-order valence-corrected chi connectivity index (χ0v) is 17.1. The molecule has 0 saturated heterocycles. The number of nitrogens with one attached hydrogen (secondary N) is 1. The molecule has 28 heavy (non-hydrogen) atoms. The molecule has 5 nitrogen and oxygen atoms in total. The van der Waals surface area contributed by atoms with Crippen LogP contribution < -0.4 is 5.32 Å². The molecule has 1 aromatic rings. The summed E-state index contributed by atoms with van der Waals surface area (Å²) in [5.41, 5.74) is -0.614. The highest BCUT2D eigenvalue weighted by Crippen LogP contribution is 2.58. The Morgan fingerprint density at radius 1 is 1.00 bits per heavy atom. The molecule has 1 amide bonds. The van der Waals surface area contributed by atoms with E-state index in [0.29, 0.717) is 11.8 Å². The van der Waals surface area contributed by atoms with E-state index in [1.54, 1.807) is 0 Å². The Morgan fingerprint density at radius 2 is 1.57 bits per heavy atom. The summed E-state index contributed by atoms with van der Waals surface area (Å²) in [6.07, 6.45) is 4.71. The van der Waals surface area contributed by atoms with Gasteiger partial charge in [0.1, 0.15) is 17.7 Å². The summed E-state index contributed by atoms with van der Waals surface area (Å²) in [5.74, 6) is 1.36. The fourth-order valence-electron chi connectivity index (χ4n) is 5.81. The number of ether oxygens (including phenoxy) is 2. The molecule has 1 aromatic carbocycles. The standard InChI is InChI=1S/C23H31NO4/c1-22(2,3)28-20(25)23(18-10-16-9-17(12-18)13-19(23)11-16)24-21(26)27-14-15-7-5-4-6-8-15/h4-8,16-19H,9-14H2,1-3H3,(H,24,26). The van der Waals surface area contributed by atoms with Crippen LogP contribution in [0.4, 0.5) is 4.79 Å². The summed E-state index contributed by atoms with van der Waals surface area (Å²) in [6, 6.07) is 9.59. The lowest BCUT2D eigenvalue weighted by Crippen LogP contribution is -2.71. The summed E-state index contributed by atoms with van der Waals surface area (Å²) in [7, 11) is 0. The largest absolute Gasteiger partial charge is 0.458 e. The highest BCUT2D eigenvalue weighted by molar-refractivity contribution is 5.87. The number of esters is 1. The van der Waals surface area contributed by atoms with Crippen molar-refractivity contribution < 1.29 is 19.1 Å². The van der Waals surface area contributed by atoms with Crippen molar-refractivity contribution in [3.05, 3.63) is 35.9 Å². The number of amides is 1. The molecule has 4 saturated carbocycles. The van der Waals surface area contributed by atoms with Gasteiger partial charge >= 0.3 is 12.1 Å². The van der Waals surface area contributed by atoms with E-state index >= 15 is 0 Å². The van der Waals surface area contributed by atoms with E-state index in [4.69, 9.17) is 9.47 Å². The van der Waals surface area contributed by atoms with Crippen LogP contribution in [-0.4, -0.2) is 23.2 Å². The molecule has 0 atom stereocenters. The van der Waals surface area contributed by atoms with Gasteiger partial charge in [0.05, 0.1) is 0 Å². The summed E-state index contributed by atoms with van der Waals surface area (Å²) < 4.78 is 11.3. The third-order valence-corrected chi connectivity index (χ3v) is 6.68. The van der Waals surface area contributed by atoms with Crippen LogP contribution in [0.25, 0.3) is 0 Å². The smallest absolute Gasteiger partial charge is 0.408 e. The van der Waals surface area contributed by atoms with Crippen molar-refractivity contribution in [1.82, 2.24) is 5.32 Å². The fourth-order valence-corrected chi connectivity index (χ4v) is 5.81. The summed E-state index contributed by atoms with van der Waals surface area (Å²) in [4.78, 5) is 26.1. The summed E-state index contributed by atoms with van der Waals surface area (Å²) in [5, 5.41) is 3.03. The highest BCUT2D eigenvalue weighted by atomic mass is 16.6. The lowest BCUT2D eigenvalue weighted by Gasteiger charge is -2.59. The molecule has 1 N–H and O–H groups in total. The molecule has 4 aliphatic carbocycles. The monoisotopic (exact) mass is 385 g/mol. The van der Waals surface area contributed by atoms with Crippen LogP contribution in [0.3, 0.4) is 0 Å². The minimum atomic E-state index is -0.950. The Balaban J connectivity index is 1.54. The van der Waals surface area contributed by atoms with E-state index < -0.39 is 17.2 Å².